The van der Waals surface area contributed by atoms with Crippen LogP contribution >= 0.6 is 23.1 Å². The first-order valence-corrected chi connectivity index (χ1v) is 6.64. The lowest BCUT2D eigenvalue weighted by Gasteiger charge is -1.98. The highest BCUT2D eigenvalue weighted by atomic mass is 32.2. The minimum atomic E-state index is -0.0431. The summed E-state index contributed by atoms with van der Waals surface area (Å²) in [6, 6.07) is 5.49. The molecule has 0 radical (unpaired) electrons. The predicted molar refractivity (Wildman–Crippen MR) is 66.2 cm³/mol. The predicted octanol–water partition coefficient (Wildman–Crippen LogP) is 3.52. The maximum absolute atomic E-state index is 9.02. The Morgan fingerprint density at radius 3 is 2.69 bits per heavy atom. The van der Waals surface area contributed by atoms with Crippen LogP contribution in [0.3, 0.4) is 0 Å². The van der Waals surface area contributed by atoms with Crippen molar-refractivity contribution in [2.45, 2.75) is 29.0 Å². The van der Waals surface area contributed by atoms with Crippen LogP contribution in [0.2, 0.25) is 0 Å². The van der Waals surface area contributed by atoms with Gasteiger partial charge in [-0.25, -0.2) is 0 Å². The van der Waals surface area contributed by atoms with Crippen LogP contribution in [0.4, 0.5) is 0 Å². The van der Waals surface area contributed by atoms with Crippen molar-refractivity contribution in [2.75, 3.05) is 0 Å². The molecule has 0 aromatic carbocycles. The first-order valence-electron chi connectivity index (χ1n) is 4.94. The molecule has 2 aromatic heterocycles. The smallest absolute Gasteiger partial charge is 0.230 e. The molecule has 0 spiro atoms. The van der Waals surface area contributed by atoms with E-state index in [2.05, 4.69) is 35.5 Å². The van der Waals surface area contributed by atoms with Gasteiger partial charge in [0.05, 0.1) is 4.21 Å². The van der Waals surface area contributed by atoms with Crippen molar-refractivity contribution in [1.82, 2.24) is 10.2 Å². The Balaban J connectivity index is 2.11. The van der Waals surface area contributed by atoms with Crippen molar-refractivity contribution in [3.05, 3.63) is 29.1 Å². The van der Waals surface area contributed by atoms with Crippen molar-refractivity contribution >= 4 is 23.1 Å². The van der Waals surface area contributed by atoms with Gasteiger partial charge in [0, 0.05) is 6.07 Å². The van der Waals surface area contributed by atoms with E-state index in [4.69, 9.17) is 5.11 Å². The quantitative estimate of drug-likeness (QED) is 0.908. The molecule has 2 aromatic rings. The lowest BCUT2D eigenvalue weighted by atomic mass is 10.1. The Morgan fingerprint density at radius 1 is 1.31 bits per heavy atom. The van der Waals surface area contributed by atoms with E-state index in [1.165, 1.54) is 9.77 Å². The van der Waals surface area contributed by atoms with Gasteiger partial charge in [-0.2, -0.15) is 0 Å². The van der Waals surface area contributed by atoms with E-state index in [1.807, 2.05) is 0 Å². The van der Waals surface area contributed by atoms with Crippen LogP contribution in [0.1, 0.15) is 25.3 Å². The molecule has 0 atom stereocenters. The second-order valence-electron chi connectivity index (χ2n) is 3.69. The van der Waals surface area contributed by atoms with E-state index in [0.717, 1.165) is 5.03 Å². The van der Waals surface area contributed by atoms with Crippen molar-refractivity contribution in [3.63, 3.8) is 0 Å². The van der Waals surface area contributed by atoms with E-state index >= 15 is 0 Å². The third-order valence-corrected chi connectivity index (χ3v) is 4.12. The summed E-state index contributed by atoms with van der Waals surface area (Å²) >= 11 is 3.28. The van der Waals surface area contributed by atoms with Crippen LogP contribution in [0.25, 0.3) is 0 Å². The molecular weight excluding hydrogens is 240 g/mol. The lowest BCUT2D eigenvalue weighted by molar-refractivity contribution is 0.442. The topological polar surface area (TPSA) is 46.0 Å². The lowest BCUT2D eigenvalue weighted by Crippen LogP contribution is -1.83. The summed E-state index contributed by atoms with van der Waals surface area (Å²) in [6.45, 7) is 4.35. The van der Waals surface area contributed by atoms with Gasteiger partial charge in [-0.3, -0.25) is 0 Å². The van der Waals surface area contributed by atoms with E-state index in [9.17, 15) is 0 Å². The average molecular weight is 252 g/mol. The number of aromatic nitrogens is 2. The molecule has 5 heteroatoms. The zero-order valence-electron chi connectivity index (χ0n) is 9.04. The highest BCUT2D eigenvalue weighted by molar-refractivity contribution is 8.01. The van der Waals surface area contributed by atoms with Gasteiger partial charge in [0.1, 0.15) is 5.03 Å². The molecule has 0 aliphatic heterocycles. The number of hydrogen-bond donors (Lipinski definition) is 1. The van der Waals surface area contributed by atoms with Crippen LogP contribution in [0.5, 0.6) is 5.88 Å². The van der Waals surface area contributed by atoms with Crippen LogP contribution in [0.15, 0.2) is 32.8 Å². The van der Waals surface area contributed by atoms with Crippen LogP contribution in [-0.4, -0.2) is 15.3 Å². The van der Waals surface area contributed by atoms with Crippen molar-refractivity contribution in [1.29, 1.82) is 0 Å². The van der Waals surface area contributed by atoms with Crippen molar-refractivity contribution in [3.8, 4) is 5.88 Å². The molecule has 0 unspecified atom stereocenters. The number of aromatic hydroxyl groups is 1. The fourth-order valence-corrected chi connectivity index (χ4v) is 3.17. The first-order chi connectivity index (χ1) is 7.65. The highest BCUT2D eigenvalue weighted by Crippen LogP contribution is 2.33. The molecule has 16 heavy (non-hydrogen) atoms. The minimum Gasteiger partial charge on any atom is -0.492 e. The standard InChI is InChI=1S/C11H12N2OS2/c1-7(2)8-5-11(15-6-8)16-10-4-3-9(14)12-13-10/h3-7H,1-2H3,(H,12,14). The van der Waals surface area contributed by atoms with Gasteiger partial charge in [0.2, 0.25) is 5.88 Å². The second-order valence-corrected chi connectivity index (χ2v) is 5.92. The first kappa shape index (κ1) is 11.4. The van der Waals surface area contributed by atoms with Gasteiger partial charge >= 0.3 is 0 Å². The van der Waals surface area contributed by atoms with E-state index in [-0.39, 0.29) is 5.88 Å². The van der Waals surface area contributed by atoms with E-state index < -0.39 is 0 Å². The zero-order valence-corrected chi connectivity index (χ0v) is 10.7. The fourth-order valence-electron chi connectivity index (χ4n) is 1.16. The summed E-state index contributed by atoms with van der Waals surface area (Å²) in [5.41, 5.74) is 1.35. The molecule has 0 fully saturated rings. The normalized spacial score (nSPS) is 10.9. The van der Waals surface area contributed by atoms with Gasteiger partial charge in [0.15, 0.2) is 0 Å². The molecule has 84 valence electrons. The number of hydrogen-bond acceptors (Lipinski definition) is 5. The molecule has 2 rings (SSSR count). The van der Waals surface area contributed by atoms with Crippen molar-refractivity contribution < 1.29 is 5.11 Å². The molecule has 0 saturated heterocycles. The highest BCUT2D eigenvalue weighted by Gasteiger charge is 2.06. The molecule has 0 aliphatic carbocycles. The van der Waals surface area contributed by atoms with Gasteiger partial charge < -0.3 is 5.11 Å². The Hall–Kier alpha value is -1.07. The van der Waals surface area contributed by atoms with Gasteiger partial charge in [-0.1, -0.05) is 25.6 Å². The maximum Gasteiger partial charge on any atom is 0.230 e. The van der Waals surface area contributed by atoms with Crippen molar-refractivity contribution in [2.24, 2.45) is 0 Å². The molecule has 0 aliphatic rings. The summed E-state index contributed by atoms with van der Waals surface area (Å²) in [6.07, 6.45) is 0. The summed E-state index contributed by atoms with van der Waals surface area (Å²) in [5, 5.41) is 19.5. The molecule has 0 amide bonds. The molecule has 0 saturated carbocycles. The number of thiophene rings is 1. The number of rotatable bonds is 3. The molecule has 0 bridgehead atoms. The third kappa shape index (κ3) is 2.74. The molecule has 3 nitrogen and oxygen atoms in total. The molecule has 1 N–H and O–H groups in total. The van der Waals surface area contributed by atoms with Gasteiger partial charge in [0.25, 0.3) is 0 Å². The molecule has 2 heterocycles. The van der Waals surface area contributed by atoms with E-state index in [0.29, 0.717) is 5.92 Å². The summed E-state index contributed by atoms with van der Waals surface area (Å²) in [4.78, 5) is 0. The van der Waals surface area contributed by atoms with Crippen LogP contribution in [-0.2, 0) is 0 Å². The summed E-state index contributed by atoms with van der Waals surface area (Å²) in [5.74, 6) is 0.509. The summed E-state index contributed by atoms with van der Waals surface area (Å²) < 4.78 is 1.20. The Labute approximate surface area is 103 Å². The largest absolute Gasteiger partial charge is 0.492 e. The second kappa shape index (κ2) is 4.84. The minimum absolute atomic E-state index is 0.0431. The SMILES string of the molecule is CC(C)c1csc(Sc2ccc(O)nn2)c1. The maximum atomic E-state index is 9.02. The van der Waals surface area contributed by atoms with Crippen LogP contribution in [0, 0.1) is 0 Å². The Morgan fingerprint density at radius 2 is 2.12 bits per heavy atom. The zero-order chi connectivity index (χ0) is 11.5. The fraction of sp³-hybridized carbons (Fsp3) is 0.273. The van der Waals surface area contributed by atoms with Crippen LogP contribution < -0.4 is 0 Å². The Kier molecular flexibility index (Phi) is 3.46. The van der Waals surface area contributed by atoms with Gasteiger partial charge in [-0.15, -0.1) is 21.5 Å². The van der Waals surface area contributed by atoms with E-state index in [1.54, 1.807) is 35.2 Å². The summed E-state index contributed by atoms with van der Waals surface area (Å²) in [7, 11) is 0. The average Bonchev–Trinajstić information content (AvgIpc) is 2.70. The van der Waals surface area contributed by atoms with Gasteiger partial charge in [-0.05, 0) is 29.0 Å². The monoisotopic (exact) mass is 252 g/mol. The number of nitrogens with zero attached hydrogens (tertiary/aromatic N) is 2. The Bertz CT molecular complexity index is 465. The third-order valence-electron chi connectivity index (χ3n) is 2.09. The molecular formula is C11H12N2OS2.